The summed E-state index contributed by atoms with van der Waals surface area (Å²) in [7, 11) is 0. The van der Waals surface area contributed by atoms with E-state index in [2.05, 4.69) is 17.1 Å². The molecular formula is C23H29N3O3. The first-order valence-electron chi connectivity index (χ1n) is 10.7. The Morgan fingerprint density at radius 2 is 1.72 bits per heavy atom. The Bertz CT molecular complexity index is 946. The van der Waals surface area contributed by atoms with Crippen LogP contribution in [0, 0.1) is 5.92 Å². The van der Waals surface area contributed by atoms with Crippen molar-refractivity contribution in [2.75, 3.05) is 6.54 Å². The molecule has 2 aromatic rings. The molecule has 1 amide bonds. The Morgan fingerprint density at radius 3 is 2.38 bits per heavy atom. The number of hydrogen-bond donors (Lipinski definition) is 1. The van der Waals surface area contributed by atoms with Crippen LogP contribution in [0.4, 0.5) is 0 Å². The molecule has 4 rings (SSSR count). The van der Waals surface area contributed by atoms with Crippen molar-refractivity contribution in [2.45, 2.75) is 64.5 Å². The van der Waals surface area contributed by atoms with Crippen molar-refractivity contribution < 1.29 is 9.90 Å². The number of aromatic nitrogens is 2. The van der Waals surface area contributed by atoms with E-state index in [0.29, 0.717) is 24.8 Å². The predicted octanol–water partition coefficient (Wildman–Crippen LogP) is 3.53. The number of fused-ring (bicyclic) bond motifs is 1. The molecule has 1 saturated carbocycles. The standard InChI is InChI=1S/C23H29N3O3/c1-15(2)25-13-14-26-19(23(25)29)20(27)22(28)24-21(26)18(16-9-5-3-6-10-16)17-11-7-4-8-12-17/h3,5-6,9-10,15,17-18,27H,4,7-8,11-14H2,1-2H3. The summed E-state index contributed by atoms with van der Waals surface area (Å²) in [5, 5.41) is 10.5. The molecule has 6 heteroatoms. The minimum atomic E-state index is -0.707. The summed E-state index contributed by atoms with van der Waals surface area (Å²) in [6.07, 6.45) is 5.74. The third-order valence-corrected chi connectivity index (χ3v) is 6.40. The highest BCUT2D eigenvalue weighted by Crippen LogP contribution is 2.40. The summed E-state index contributed by atoms with van der Waals surface area (Å²) in [6, 6.07) is 10.2. The fraction of sp³-hybridized carbons (Fsp3) is 0.522. The van der Waals surface area contributed by atoms with Crippen molar-refractivity contribution in [3.05, 3.63) is 57.8 Å². The van der Waals surface area contributed by atoms with Crippen LogP contribution in [-0.4, -0.2) is 38.1 Å². The van der Waals surface area contributed by atoms with Gasteiger partial charge in [0.2, 0.25) is 5.75 Å². The van der Waals surface area contributed by atoms with Crippen LogP contribution >= 0.6 is 0 Å². The van der Waals surface area contributed by atoms with Crippen LogP contribution in [0.3, 0.4) is 0 Å². The molecule has 1 aromatic carbocycles. The van der Waals surface area contributed by atoms with Gasteiger partial charge in [0.15, 0.2) is 5.69 Å². The maximum atomic E-state index is 13.1. The Morgan fingerprint density at radius 1 is 1.03 bits per heavy atom. The summed E-state index contributed by atoms with van der Waals surface area (Å²) in [5.41, 5.74) is 0.504. The van der Waals surface area contributed by atoms with Crippen LogP contribution in [0.25, 0.3) is 0 Å². The highest BCUT2D eigenvalue weighted by molar-refractivity contribution is 5.95. The summed E-state index contributed by atoms with van der Waals surface area (Å²) in [5.74, 6) is 0.122. The van der Waals surface area contributed by atoms with Gasteiger partial charge in [0.1, 0.15) is 5.82 Å². The highest BCUT2D eigenvalue weighted by atomic mass is 16.3. The molecule has 1 unspecified atom stereocenters. The average molecular weight is 396 g/mol. The van der Waals surface area contributed by atoms with Crippen molar-refractivity contribution in [3.63, 3.8) is 0 Å². The molecule has 1 fully saturated rings. The molecule has 2 heterocycles. The van der Waals surface area contributed by atoms with Gasteiger partial charge in [-0.3, -0.25) is 9.59 Å². The van der Waals surface area contributed by atoms with E-state index in [9.17, 15) is 14.7 Å². The zero-order chi connectivity index (χ0) is 20.5. The van der Waals surface area contributed by atoms with Gasteiger partial charge in [0, 0.05) is 25.0 Å². The number of carbonyl (C=O) groups is 1. The normalized spacial score (nSPS) is 18.7. The molecule has 2 aliphatic rings. The van der Waals surface area contributed by atoms with Gasteiger partial charge in [-0.05, 0) is 38.2 Å². The van der Waals surface area contributed by atoms with Crippen LogP contribution in [0.2, 0.25) is 0 Å². The molecule has 1 aromatic heterocycles. The highest BCUT2D eigenvalue weighted by Gasteiger charge is 2.36. The van der Waals surface area contributed by atoms with Crippen molar-refractivity contribution in [3.8, 4) is 5.75 Å². The Kier molecular flexibility index (Phi) is 5.43. The zero-order valence-corrected chi connectivity index (χ0v) is 17.2. The van der Waals surface area contributed by atoms with E-state index >= 15 is 0 Å². The van der Waals surface area contributed by atoms with Gasteiger partial charge in [-0.15, -0.1) is 0 Å². The summed E-state index contributed by atoms with van der Waals surface area (Å²) < 4.78 is 1.81. The monoisotopic (exact) mass is 395 g/mol. The molecule has 0 bridgehead atoms. The SMILES string of the molecule is CC(C)N1CCn2c(C(c3ccccc3)C3CCCCC3)nc(=O)c(O)c2C1=O. The smallest absolute Gasteiger partial charge is 0.315 e. The van der Waals surface area contributed by atoms with Crippen molar-refractivity contribution in [2.24, 2.45) is 5.92 Å². The first-order chi connectivity index (χ1) is 14.0. The molecule has 1 aliphatic carbocycles. The van der Waals surface area contributed by atoms with Crippen LogP contribution in [-0.2, 0) is 6.54 Å². The second-order valence-electron chi connectivity index (χ2n) is 8.50. The molecule has 1 N–H and O–H groups in total. The van der Waals surface area contributed by atoms with Crippen molar-refractivity contribution >= 4 is 5.91 Å². The quantitative estimate of drug-likeness (QED) is 0.859. The van der Waals surface area contributed by atoms with E-state index in [4.69, 9.17) is 0 Å². The van der Waals surface area contributed by atoms with Gasteiger partial charge in [0.05, 0.1) is 0 Å². The van der Waals surface area contributed by atoms with Gasteiger partial charge < -0.3 is 14.6 Å². The van der Waals surface area contributed by atoms with Gasteiger partial charge in [-0.1, -0.05) is 49.6 Å². The van der Waals surface area contributed by atoms with Gasteiger partial charge in [0.25, 0.3) is 5.91 Å². The number of carbonyl (C=O) groups excluding carboxylic acids is 1. The molecule has 1 aliphatic heterocycles. The van der Waals surface area contributed by atoms with E-state index in [1.54, 1.807) is 4.90 Å². The molecule has 29 heavy (non-hydrogen) atoms. The zero-order valence-electron chi connectivity index (χ0n) is 17.2. The molecular weight excluding hydrogens is 366 g/mol. The topological polar surface area (TPSA) is 75.4 Å². The lowest BCUT2D eigenvalue weighted by Gasteiger charge is -2.37. The van der Waals surface area contributed by atoms with Gasteiger partial charge in [-0.2, -0.15) is 4.98 Å². The Labute approximate surface area is 171 Å². The van der Waals surface area contributed by atoms with E-state index in [1.807, 2.05) is 36.6 Å². The lowest BCUT2D eigenvalue weighted by molar-refractivity contribution is 0.0635. The van der Waals surface area contributed by atoms with E-state index in [1.165, 1.54) is 19.3 Å². The third-order valence-electron chi connectivity index (χ3n) is 6.40. The molecule has 1 atom stereocenters. The van der Waals surface area contributed by atoms with Crippen molar-refractivity contribution in [1.29, 1.82) is 0 Å². The second-order valence-corrected chi connectivity index (χ2v) is 8.50. The van der Waals surface area contributed by atoms with Crippen LogP contribution in [0.1, 0.15) is 73.7 Å². The fourth-order valence-corrected chi connectivity index (χ4v) is 4.94. The van der Waals surface area contributed by atoms with E-state index in [-0.39, 0.29) is 23.6 Å². The summed E-state index contributed by atoms with van der Waals surface area (Å²) >= 11 is 0. The maximum Gasteiger partial charge on any atom is 0.315 e. The number of hydrogen-bond acceptors (Lipinski definition) is 4. The first kappa shape index (κ1) is 19.7. The van der Waals surface area contributed by atoms with Gasteiger partial charge in [-0.25, -0.2) is 0 Å². The third kappa shape index (κ3) is 3.56. The number of amides is 1. The number of aromatic hydroxyl groups is 1. The Balaban J connectivity index is 1.89. The average Bonchev–Trinajstić information content (AvgIpc) is 2.73. The minimum Gasteiger partial charge on any atom is -0.501 e. The molecule has 0 saturated heterocycles. The molecule has 6 nitrogen and oxygen atoms in total. The molecule has 0 radical (unpaired) electrons. The summed E-state index contributed by atoms with van der Waals surface area (Å²) in [6.45, 7) is 4.97. The molecule has 0 spiro atoms. The van der Waals surface area contributed by atoms with E-state index in [0.717, 1.165) is 18.4 Å². The first-order valence-corrected chi connectivity index (χ1v) is 10.7. The molecule has 154 valence electrons. The van der Waals surface area contributed by atoms with Gasteiger partial charge >= 0.3 is 5.56 Å². The largest absolute Gasteiger partial charge is 0.501 e. The lowest BCUT2D eigenvalue weighted by atomic mass is 9.76. The van der Waals surface area contributed by atoms with Crippen LogP contribution < -0.4 is 5.56 Å². The lowest BCUT2D eigenvalue weighted by Crippen LogP contribution is -2.47. The fourth-order valence-electron chi connectivity index (χ4n) is 4.94. The minimum absolute atomic E-state index is 0.00521. The van der Waals surface area contributed by atoms with Crippen molar-refractivity contribution in [1.82, 2.24) is 14.5 Å². The number of rotatable bonds is 4. The number of nitrogens with zero attached hydrogens (tertiary/aromatic N) is 3. The maximum absolute atomic E-state index is 13.1. The van der Waals surface area contributed by atoms with Crippen LogP contribution in [0.15, 0.2) is 35.1 Å². The Hall–Kier alpha value is -2.63. The summed E-state index contributed by atoms with van der Waals surface area (Å²) in [4.78, 5) is 31.7. The second kappa shape index (κ2) is 8.01. The predicted molar refractivity (Wildman–Crippen MR) is 111 cm³/mol. The van der Waals surface area contributed by atoms with Crippen LogP contribution in [0.5, 0.6) is 5.75 Å². The number of benzene rings is 1. The van der Waals surface area contributed by atoms with E-state index < -0.39 is 11.3 Å².